The van der Waals surface area contributed by atoms with Gasteiger partial charge in [-0.05, 0) is 29.5 Å². The molecule has 0 aliphatic carbocycles. The molecule has 0 saturated carbocycles. The van der Waals surface area contributed by atoms with Crippen LogP contribution in [0.25, 0.3) is 0 Å². The van der Waals surface area contributed by atoms with E-state index in [0.29, 0.717) is 18.4 Å². The van der Waals surface area contributed by atoms with Gasteiger partial charge in [0.25, 0.3) is 0 Å². The summed E-state index contributed by atoms with van der Waals surface area (Å²) in [5, 5.41) is 0. The van der Waals surface area contributed by atoms with Crippen LogP contribution in [0.5, 0.6) is 5.75 Å². The smallest absolute Gasteiger partial charge is 0.387 e. The van der Waals surface area contributed by atoms with Gasteiger partial charge in [-0.15, -0.1) is 0 Å². The number of halogens is 2. The Morgan fingerprint density at radius 3 is 2.20 bits per heavy atom. The van der Waals surface area contributed by atoms with E-state index in [2.05, 4.69) is 23.5 Å². The van der Waals surface area contributed by atoms with Crippen molar-refractivity contribution in [2.24, 2.45) is 17.6 Å². The molecule has 5 heteroatoms. The Labute approximate surface area is 118 Å². The molecule has 2 rings (SSSR count). The lowest BCUT2D eigenvalue weighted by molar-refractivity contribution is -0.0498. The molecule has 1 aromatic carbocycles. The minimum atomic E-state index is -2.79. The predicted octanol–water partition coefficient (Wildman–Crippen LogP) is 2.88. The quantitative estimate of drug-likeness (QED) is 0.903. The summed E-state index contributed by atoms with van der Waals surface area (Å²) in [7, 11) is 0. The zero-order valence-corrected chi connectivity index (χ0v) is 11.9. The van der Waals surface area contributed by atoms with E-state index in [0.717, 1.165) is 18.7 Å². The van der Waals surface area contributed by atoms with Crippen molar-refractivity contribution in [2.45, 2.75) is 26.5 Å². The van der Waals surface area contributed by atoms with Crippen molar-refractivity contribution in [3.05, 3.63) is 29.8 Å². The Bertz CT molecular complexity index is 414. The topological polar surface area (TPSA) is 38.5 Å². The monoisotopic (exact) mass is 284 g/mol. The fourth-order valence-corrected chi connectivity index (χ4v) is 2.80. The Morgan fingerprint density at radius 2 is 1.75 bits per heavy atom. The Balaban J connectivity index is 2.08. The van der Waals surface area contributed by atoms with Gasteiger partial charge >= 0.3 is 6.61 Å². The van der Waals surface area contributed by atoms with Crippen LogP contribution in [-0.4, -0.2) is 31.1 Å². The molecule has 1 saturated heterocycles. The van der Waals surface area contributed by atoms with Crippen molar-refractivity contribution in [3.8, 4) is 5.75 Å². The largest absolute Gasteiger partial charge is 0.435 e. The van der Waals surface area contributed by atoms with Gasteiger partial charge in [0.15, 0.2) is 0 Å². The summed E-state index contributed by atoms with van der Waals surface area (Å²) < 4.78 is 28.6. The van der Waals surface area contributed by atoms with E-state index >= 15 is 0 Å². The van der Waals surface area contributed by atoms with Crippen LogP contribution in [0, 0.1) is 11.8 Å². The number of nitrogens with two attached hydrogens (primary N) is 1. The number of alkyl halides is 2. The van der Waals surface area contributed by atoms with Crippen LogP contribution >= 0.6 is 0 Å². The van der Waals surface area contributed by atoms with Gasteiger partial charge in [0.05, 0.1) is 0 Å². The number of hydrogen-bond donors (Lipinski definition) is 1. The first-order valence-corrected chi connectivity index (χ1v) is 7.00. The third-order valence-corrected chi connectivity index (χ3v) is 4.17. The highest BCUT2D eigenvalue weighted by Gasteiger charge is 2.31. The van der Waals surface area contributed by atoms with Crippen molar-refractivity contribution >= 4 is 0 Å². The normalized spacial score (nSPS) is 25.1. The first-order chi connectivity index (χ1) is 9.51. The Hall–Kier alpha value is -1.20. The van der Waals surface area contributed by atoms with Crippen molar-refractivity contribution in [2.75, 3.05) is 19.6 Å². The second kappa shape index (κ2) is 6.50. The lowest BCUT2D eigenvalue weighted by Gasteiger charge is -2.27. The van der Waals surface area contributed by atoms with Crippen LogP contribution in [0.15, 0.2) is 24.3 Å². The fourth-order valence-electron chi connectivity index (χ4n) is 2.80. The molecule has 3 nitrogen and oxygen atoms in total. The predicted molar refractivity (Wildman–Crippen MR) is 74.8 cm³/mol. The van der Waals surface area contributed by atoms with Gasteiger partial charge in [-0.25, -0.2) is 0 Å². The van der Waals surface area contributed by atoms with Gasteiger partial charge in [-0.3, -0.25) is 4.90 Å². The van der Waals surface area contributed by atoms with E-state index in [9.17, 15) is 8.78 Å². The van der Waals surface area contributed by atoms with Crippen molar-refractivity contribution < 1.29 is 13.5 Å². The summed E-state index contributed by atoms with van der Waals surface area (Å²) in [6.45, 7) is 4.28. The van der Waals surface area contributed by atoms with Crippen LogP contribution in [0.4, 0.5) is 8.78 Å². The molecule has 2 N–H and O–H groups in total. The zero-order valence-electron chi connectivity index (χ0n) is 11.9. The van der Waals surface area contributed by atoms with Crippen molar-refractivity contribution in [3.63, 3.8) is 0 Å². The maximum atomic E-state index is 12.1. The maximum Gasteiger partial charge on any atom is 0.387 e. The minimum absolute atomic E-state index is 0.142. The highest BCUT2D eigenvalue weighted by Crippen LogP contribution is 2.31. The van der Waals surface area contributed by atoms with E-state index in [4.69, 9.17) is 5.73 Å². The van der Waals surface area contributed by atoms with E-state index < -0.39 is 6.61 Å². The molecular weight excluding hydrogens is 262 g/mol. The SMILES string of the molecule is CC1CN(C(CN)c2ccc(OC(F)F)cc2)CC1C. The lowest BCUT2D eigenvalue weighted by atomic mass is 10.0. The highest BCUT2D eigenvalue weighted by molar-refractivity contribution is 5.29. The molecule has 0 aromatic heterocycles. The molecule has 0 radical (unpaired) electrons. The van der Waals surface area contributed by atoms with Gasteiger partial charge < -0.3 is 10.5 Å². The van der Waals surface area contributed by atoms with Crippen LogP contribution in [0.1, 0.15) is 25.5 Å². The second-order valence-electron chi connectivity index (χ2n) is 5.61. The maximum absolute atomic E-state index is 12.1. The van der Waals surface area contributed by atoms with Gasteiger partial charge in [-0.2, -0.15) is 8.78 Å². The average Bonchev–Trinajstić information content (AvgIpc) is 2.72. The van der Waals surface area contributed by atoms with Gasteiger partial charge in [0, 0.05) is 25.7 Å². The van der Waals surface area contributed by atoms with E-state index in [-0.39, 0.29) is 11.8 Å². The summed E-state index contributed by atoms with van der Waals surface area (Å²) in [6, 6.07) is 6.94. The van der Waals surface area contributed by atoms with E-state index in [1.54, 1.807) is 12.1 Å². The molecule has 1 aliphatic heterocycles. The number of rotatable bonds is 5. The molecular formula is C15H22F2N2O. The molecule has 1 aromatic rings. The number of likely N-dealkylation sites (tertiary alicyclic amines) is 1. The van der Waals surface area contributed by atoms with Gasteiger partial charge in [-0.1, -0.05) is 26.0 Å². The number of nitrogens with zero attached hydrogens (tertiary/aromatic N) is 1. The third kappa shape index (κ3) is 3.46. The average molecular weight is 284 g/mol. The first kappa shape index (κ1) is 15.2. The third-order valence-electron chi connectivity index (χ3n) is 4.17. The molecule has 3 atom stereocenters. The van der Waals surface area contributed by atoms with E-state index in [1.165, 1.54) is 0 Å². The van der Waals surface area contributed by atoms with E-state index in [1.807, 2.05) is 12.1 Å². The summed E-state index contributed by atoms with van der Waals surface area (Å²) in [4.78, 5) is 2.37. The lowest BCUT2D eigenvalue weighted by Crippen LogP contribution is -2.32. The molecule has 112 valence electrons. The standard InChI is InChI=1S/C15H22F2N2O/c1-10-8-19(9-11(10)2)14(7-18)12-3-5-13(6-4-12)20-15(16)17/h3-6,10-11,14-15H,7-9,18H2,1-2H3. The highest BCUT2D eigenvalue weighted by atomic mass is 19.3. The molecule has 1 aliphatic rings. The van der Waals surface area contributed by atoms with Crippen molar-refractivity contribution in [1.29, 1.82) is 0 Å². The minimum Gasteiger partial charge on any atom is -0.435 e. The molecule has 0 amide bonds. The van der Waals surface area contributed by atoms with Crippen LogP contribution in [0.3, 0.4) is 0 Å². The van der Waals surface area contributed by atoms with Gasteiger partial charge in [0.1, 0.15) is 5.75 Å². The molecule has 1 fully saturated rings. The molecule has 3 unspecified atom stereocenters. The number of hydrogen-bond acceptors (Lipinski definition) is 3. The summed E-state index contributed by atoms with van der Waals surface area (Å²) >= 11 is 0. The number of ether oxygens (including phenoxy) is 1. The summed E-state index contributed by atoms with van der Waals surface area (Å²) in [5.41, 5.74) is 6.95. The van der Waals surface area contributed by atoms with Crippen LogP contribution < -0.4 is 10.5 Å². The molecule has 0 bridgehead atoms. The fraction of sp³-hybridized carbons (Fsp3) is 0.600. The van der Waals surface area contributed by atoms with Crippen LogP contribution in [-0.2, 0) is 0 Å². The Kier molecular flexibility index (Phi) is 4.94. The molecule has 20 heavy (non-hydrogen) atoms. The summed E-state index contributed by atoms with van der Waals surface area (Å²) in [5.74, 6) is 1.50. The summed E-state index contributed by atoms with van der Waals surface area (Å²) in [6.07, 6.45) is 0. The number of benzene rings is 1. The second-order valence-corrected chi connectivity index (χ2v) is 5.61. The van der Waals surface area contributed by atoms with Crippen LogP contribution in [0.2, 0.25) is 0 Å². The van der Waals surface area contributed by atoms with Gasteiger partial charge in [0.2, 0.25) is 0 Å². The zero-order chi connectivity index (χ0) is 14.7. The Morgan fingerprint density at radius 1 is 1.20 bits per heavy atom. The molecule has 1 heterocycles. The molecule has 0 spiro atoms. The van der Waals surface area contributed by atoms with Crippen molar-refractivity contribution in [1.82, 2.24) is 4.90 Å². The first-order valence-electron chi connectivity index (χ1n) is 7.00.